The Morgan fingerprint density at radius 1 is 0.731 bits per heavy atom. The molecule has 4 unspecified atom stereocenters. The van der Waals surface area contributed by atoms with E-state index in [0.717, 1.165) is 36.6 Å². The van der Waals surface area contributed by atoms with Crippen molar-refractivity contribution in [2.75, 3.05) is 11.9 Å². The number of nitrogens with one attached hydrogen (secondary N) is 2. The molecular formula is C47H39N5. The van der Waals surface area contributed by atoms with Crippen LogP contribution in [0.25, 0.3) is 22.9 Å². The Kier molecular flexibility index (Phi) is 6.69. The second-order valence-corrected chi connectivity index (χ2v) is 14.7. The largest absolute Gasteiger partial charge is 0.360 e. The van der Waals surface area contributed by atoms with Crippen LogP contribution < -0.4 is 10.6 Å². The summed E-state index contributed by atoms with van der Waals surface area (Å²) in [5.74, 6) is 2.42. The van der Waals surface area contributed by atoms with Gasteiger partial charge in [-0.25, -0.2) is 0 Å². The van der Waals surface area contributed by atoms with Crippen molar-refractivity contribution in [3.8, 4) is 16.8 Å². The molecule has 3 aliphatic carbocycles. The van der Waals surface area contributed by atoms with E-state index in [2.05, 4.69) is 172 Å². The highest BCUT2D eigenvalue weighted by Gasteiger charge is 2.47. The summed E-state index contributed by atoms with van der Waals surface area (Å²) in [7, 11) is 0. The minimum absolute atomic E-state index is 0.0706. The van der Waals surface area contributed by atoms with Crippen LogP contribution in [-0.2, 0) is 19.3 Å². The van der Waals surface area contributed by atoms with E-state index in [-0.39, 0.29) is 18.1 Å². The standard InChI is InChI=1S/C47H39N5/c1-3-14-31(15-4-1)46-36-20-9-11-21-39(36)49-47(50-46)32-24-26-44(48-29-32)52-40-22-12-10-19-35(40)37-27-38-43(28-42(37)52)51(33-16-5-2-6-17-33)41-25-23-30-13-7-8-18-34(30)45(38)41/h1-22,24,26-27,35,40,42,46,49-50H,23,25,28-29H2. The minimum Gasteiger partial charge on any atom is -0.360 e. The van der Waals surface area contributed by atoms with Gasteiger partial charge in [0.15, 0.2) is 0 Å². The number of hydrogen-bond donors (Lipinski definition) is 2. The number of likely N-dealkylation sites (tertiary alicyclic amines) is 1. The quantitative estimate of drug-likeness (QED) is 0.197. The molecule has 5 nitrogen and oxygen atoms in total. The Morgan fingerprint density at radius 2 is 1.52 bits per heavy atom. The second kappa shape index (κ2) is 11.7. The Hall–Kier alpha value is -6.07. The van der Waals surface area contributed by atoms with Gasteiger partial charge in [-0.1, -0.05) is 121 Å². The van der Waals surface area contributed by atoms with Crippen LogP contribution >= 0.6 is 0 Å². The molecule has 0 radical (unpaired) electrons. The van der Waals surface area contributed by atoms with Gasteiger partial charge < -0.3 is 20.1 Å². The summed E-state index contributed by atoms with van der Waals surface area (Å²) < 4.78 is 2.60. The molecule has 52 heavy (non-hydrogen) atoms. The molecule has 4 aromatic carbocycles. The van der Waals surface area contributed by atoms with Crippen LogP contribution in [0.2, 0.25) is 0 Å². The smallest absolute Gasteiger partial charge is 0.124 e. The van der Waals surface area contributed by atoms with Crippen molar-refractivity contribution in [1.29, 1.82) is 0 Å². The van der Waals surface area contributed by atoms with Crippen LogP contribution in [0, 0.1) is 5.92 Å². The maximum absolute atomic E-state index is 5.36. The normalized spacial score (nSPS) is 24.7. The van der Waals surface area contributed by atoms with Crippen molar-refractivity contribution in [3.05, 3.63) is 196 Å². The van der Waals surface area contributed by atoms with E-state index in [1.807, 2.05) is 0 Å². The molecule has 11 rings (SSSR count). The summed E-state index contributed by atoms with van der Waals surface area (Å²) in [5.41, 5.74) is 16.2. The molecule has 252 valence electrons. The Balaban J connectivity index is 0.982. The minimum atomic E-state index is 0.0706. The fourth-order valence-electron chi connectivity index (χ4n) is 9.66. The number of dihydropyridines is 1. The average molecular weight is 674 g/mol. The molecule has 1 fully saturated rings. The van der Waals surface area contributed by atoms with E-state index in [1.54, 1.807) is 0 Å². The Morgan fingerprint density at radius 3 is 2.38 bits per heavy atom. The van der Waals surface area contributed by atoms with Gasteiger partial charge in [0, 0.05) is 57.4 Å². The van der Waals surface area contributed by atoms with E-state index < -0.39 is 0 Å². The highest BCUT2D eigenvalue weighted by Crippen LogP contribution is 2.50. The lowest BCUT2D eigenvalue weighted by atomic mass is 9.81. The molecule has 5 aromatic rings. The molecule has 0 saturated carbocycles. The number of aliphatic imine (C=N–C) groups is 1. The monoisotopic (exact) mass is 673 g/mol. The predicted molar refractivity (Wildman–Crippen MR) is 211 cm³/mol. The molecule has 0 bridgehead atoms. The first kappa shape index (κ1) is 29.6. The number of amidine groups is 1. The van der Waals surface area contributed by atoms with Crippen molar-refractivity contribution in [2.24, 2.45) is 10.9 Å². The third-order valence-corrected chi connectivity index (χ3v) is 12.0. The van der Waals surface area contributed by atoms with Crippen LogP contribution in [0.3, 0.4) is 0 Å². The summed E-state index contributed by atoms with van der Waals surface area (Å²) in [6, 6.07) is 39.9. The van der Waals surface area contributed by atoms with Crippen LogP contribution in [0.1, 0.15) is 39.7 Å². The van der Waals surface area contributed by atoms with Gasteiger partial charge in [0.05, 0.1) is 24.7 Å². The zero-order valence-corrected chi connectivity index (χ0v) is 28.9. The third-order valence-electron chi connectivity index (χ3n) is 12.0. The van der Waals surface area contributed by atoms with Crippen LogP contribution in [0.4, 0.5) is 5.69 Å². The molecule has 3 aliphatic heterocycles. The summed E-state index contributed by atoms with van der Waals surface area (Å²) in [6.07, 6.45) is 19.4. The summed E-state index contributed by atoms with van der Waals surface area (Å²) in [5, 5.41) is 7.54. The van der Waals surface area contributed by atoms with Gasteiger partial charge in [-0.3, -0.25) is 4.99 Å². The van der Waals surface area contributed by atoms with Crippen molar-refractivity contribution in [1.82, 2.24) is 14.8 Å². The summed E-state index contributed by atoms with van der Waals surface area (Å²) in [4.78, 5) is 7.98. The van der Waals surface area contributed by atoms with Crippen LogP contribution in [0.15, 0.2) is 168 Å². The number of allylic oxidation sites excluding steroid dienone is 2. The number of anilines is 1. The number of hydrogen-bond acceptors (Lipinski definition) is 4. The van der Waals surface area contributed by atoms with Gasteiger partial charge in [0.2, 0.25) is 0 Å². The maximum atomic E-state index is 5.36. The molecule has 6 aliphatic rings. The number of aromatic nitrogens is 1. The fraction of sp³-hybridized carbons (Fsp3) is 0.170. The zero-order valence-electron chi connectivity index (χ0n) is 28.9. The molecule has 4 heterocycles. The lowest BCUT2D eigenvalue weighted by Crippen LogP contribution is -2.43. The second-order valence-electron chi connectivity index (χ2n) is 14.7. The van der Waals surface area contributed by atoms with Gasteiger partial charge in [-0.05, 0) is 65.5 Å². The molecular weight excluding hydrogens is 635 g/mol. The van der Waals surface area contributed by atoms with E-state index in [1.165, 1.54) is 61.6 Å². The molecule has 2 N–H and O–H groups in total. The van der Waals surface area contributed by atoms with Crippen LogP contribution in [0.5, 0.6) is 0 Å². The number of rotatable bonds is 2. The molecule has 1 aromatic heterocycles. The number of para-hydroxylation sites is 2. The van der Waals surface area contributed by atoms with Gasteiger partial charge >= 0.3 is 0 Å². The van der Waals surface area contributed by atoms with Crippen LogP contribution in [-0.4, -0.2) is 33.9 Å². The molecule has 0 spiro atoms. The van der Waals surface area contributed by atoms with Gasteiger partial charge in [-0.15, -0.1) is 0 Å². The number of aryl methyl sites for hydroxylation is 1. The summed E-state index contributed by atoms with van der Waals surface area (Å²) in [6.45, 7) is 0.612. The highest BCUT2D eigenvalue weighted by atomic mass is 15.3. The van der Waals surface area contributed by atoms with E-state index in [4.69, 9.17) is 4.99 Å². The topological polar surface area (TPSA) is 44.6 Å². The lowest BCUT2D eigenvalue weighted by molar-refractivity contribution is 0.344. The molecule has 0 amide bonds. The molecule has 5 heteroatoms. The van der Waals surface area contributed by atoms with Crippen molar-refractivity contribution in [3.63, 3.8) is 0 Å². The van der Waals surface area contributed by atoms with Gasteiger partial charge in [0.1, 0.15) is 11.7 Å². The predicted octanol–water partition coefficient (Wildman–Crippen LogP) is 8.96. The Labute approximate surface area is 304 Å². The fourth-order valence-corrected chi connectivity index (χ4v) is 9.66. The first-order valence-electron chi connectivity index (χ1n) is 18.7. The molecule has 1 saturated heterocycles. The Bertz CT molecular complexity index is 2440. The van der Waals surface area contributed by atoms with E-state index in [0.29, 0.717) is 12.5 Å². The zero-order chi connectivity index (χ0) is 34.2. The SMILES string of the molecule is C1=CC2C3=Cc4c5c(n(-c6ccccc6)c4CC3N(C3=NCC(=C4Nc6ccccc6C(c6ccccc6)N4)C=C3)C2C=C1)CCc1ccccc1-5. The third kappa shape index (κ3) is 4.51. The van der Waals surface area contributed by atoms with E-state index in [9.17, 15) is 0 Å². The lowest BCUT2D eigenvalue weighted by Gasteiger charge is -2.35. The van der Waals surface area contributed by atoms with Crippen molar-refractivity contribution >= 4 is 17.6 Å². The summed E-state index contributed by atoms with van der Waals surface area (Å²) >= 11 is 0. The highest BCUT2D eigenvalue weighted by molar-refractivity contribution is 5.97. The average Bonchev–Trinajstić information content (AvgIpc) is 3.72. The maximum Gasteiger partial charge on any atom is 0.124 e. The first-order chi connectivity index (χ1) is 25.8. The number of nitrogens with zero attached hydrogens (tertiary/aromatic N) is 3. The molecule has 4 atom stereocenters. The van der Waals surface area contributed by atoms with Crippen molar-refractivity contribution in [2.45, 2.75) is 37.4 Å². The van der Waals surface area contributed by atoms with E-state index >= 15 is 0 Å². The van der Waals surface area contributed by atoms with Gasteiger partial charge in [0.25, 0.3) is 0 Å². The van der Waals surface area contributed by atoms with Gasteiger partial charge in [-0.2, -0.15) is 0 Å². The first-order valence-corrected chi connectivity index (χ1v) is 18.7. The van der Waals surface area contributed by atoms with Crippen molar-refractivity contribution < 1.29 is 0 Å². The number of fused-ring (bicyclic) bond motifs is 9. The number of benzene rings is 4.